The Morgan fingerprint density at radius 3 is 2.71 bits per heavy atom. The number of benzene rings is 2. The Kier molecular flexibility index (Phi) is 6.03. The molecule has 2 aliphatic rings. The maximum atomic E-state index is 13.9. The van der Waals surface area contributed by atoms with Crippen molar-refractivity contribution in [3.8, 4) is 0 Å². The number of hydrogen-bond acceptors (Lipinski definition) is 5. The van der Waals surface area contributed by atoms with E-state index in [1.165, 1.54) is 0 Å². The van der Waals surface area contributed by atoms with Crippen molar-refractivity contribution in [2.24, 2.45) is 0 Å². The minimum Gasteiger partial charge on any atom is -0.467 e. The standard InChI is InChI=1S/C29H28N4O4S/c1-29(2)24(33-27(36)20-10-3-4-11-21(20)28(33)38-29)26(35)32-23(25(34)31-16-18-8-7-13-37-18)14-17-15-30-22-12-6-5-9-19(17)22/h3-13,15,23-24,28,30H,14,16H2,1-2H3,(H,31,34)(H,32,35)/t23-,24+,28+/m0/s1. The number of furan rings is 1. The molecule has 0 bridgehead atoms. The molecular weight excluding hydrogens is 500 g/mol. The van der Waals surface area contributed by atoms with E-state index in [0.717, 1.165) is 22.0 Å². The van der Waals surface area contributed by atoms with Crippen LogP contribution in [0.4, 0.5) is 0 Å². The number of para-hydroxylation sites is 1. The van der Waals surface area contributed by atoms with Crippen LogP contribution in [-0.2, 0) is 22.6 Å². The van der Waals surface area contributed by atoms with Gasteiger partial charge in [-0.05, 0) is 49.2 Å². The van der Waals surface area contributed by atoms with Crippen LogP contribution < -0.4 is 10.6 Å². The number of carbonyl (C=O) groups excluding carboxylic acids is 3. The Morgan fingerprint density at radius 2 is 1.89 bits per heavy atom. The molecule has 3 atom stereocenters. The van der Waals surface area contributed by atoms with Crippen molar-refractivity contribution in [2.75, 3.05) is 0 Å². The highest BCUT2D eigenvalue weighted by atomic mass is 32.2. The van der Waals surface area contributed by atoms with Gasteiger partial charge in [0.25, 0.3) is 5.91 Å². The Morgan fingerprint density at radius 1 is 1.11 bits per heavy atom. The fraction of sp³-hybridized carbons (Fsp3) is 0.276. The maximum absolute atomic E-state index is 13.9. The number of fused-ring (bicyclic) bond motifs is 4. The summed E-state index contributed by atoms with van der Waals surface area (Å²) in [7, 11) is 0. The molecule has 8 nitrogen and oxygen atoms in total. The number of aromatic amines is 1. The van der Waals surface area contributed by atoms with Gasteiger partial charge < -0.3 is 24.9 Å². The lowest BCUT2D eigenvalue weighted by atomic mass is 9.99. The quantitative estimate of drug-likeness (QED) is 0.334. The Balaban J connectivity index is 1.27. The van der Waals surface area contributed by atoms with Crippen LogP contribution in [0.2, 0.25) is 0 Å². The number of H-pyrrole nitrogens is 1. The van der Waals surface area contributed by atoms with Crippen LogP contribution >= 0.6 is 11.8 Å². The first-order valence-electron chi connectivity index (χ1n) is 12.6. The monoisotopic (exact) mass is 528 g/mol. The fourth-order valence-corrected chi connectivity index (χ4v) is 7.08. The van der Waals surface area contributed by atoms with E-state index in [4.69, 9.17) is 4.42 Å². The van der Waals surface area contributed by atoms with Crippen LogP contribution in [0.3, 0.4) is 0 Å². The summed E-state index contributed by atoms with van der Waals surface area (Å²) in [5, 5.41) is 6.65. The molecule has 0 radical (unpaired) electrons. The minimum absolute atomic E-state index is 0.153. The first-order valence-corrected chi connectivity index (χ1v) is 13.5. The number of hydrogen-bond donors (Lipinski definition) is 3. The summed E-state index contributed by atoms with van der Waals surface area (Å²) < 4.78 is 4.81. The number of amides is 3. The molecule has 2 aromatic carbocycles. The van der Waals surface area contributed by atoms with Gasteiger partial charge in [-0.15, -0.1) is 11.8 Å². The van der Waals surface area contributed by atoms with Crippen LogP contribution in [0.25, 0.3) is 10.9 Å². The number of aromatic nitrogens is 1. The summed E-state index contributed by atoms with van der Waals surface area (Å²) in [5.74, 6) is -0.202. The smallest absolute Gasteiger partial charge is 0.256 e. The van der Waals surface area contributed by atoms with Gasteiger partial charge in [0.05, 0.1) is 12.8 Å². The van der Waals surface area contributed by atoms with Crippen molar-refractivity contribution in [2.45, 2.75) is 49.0 Å². The third kappa shape index (κ3) is 4.16. The summed E-state index contributed by atoms with van der Waals surface area (Å²) >= 11 is 1.60. The molecule has 0 aliphatic carbocycles. The Bertz CT molecular complexity index is 1530. The topological polar surface area (TPSA) is 107 Å². The highest BCUT2D eigenvalue weighted by Gasteiger charge is 2.57. The van der Waals surface area contributed by atoms with Crippen LogP contribution in [0, 0.1) is 0 Å². The van der Waals surface area contributed by atoms with E-state index in [1.54, 1.807) is 41.1 Å². The molecule has 3 amide bonds. The van der Waals surface area contributed by atoms with Gasteiger partial charge in [-0.25, -0.2) is 0 Å². The molecule has 1 fully saturated rings. The predicted octanol–water partition coefficient (Wildman–Crippen LogP) is 4.15. The van der Waals surface area contributed by atoms with Crippen molar-refractivity contribution >= 4 is 40.4 Å². The van der Waals surface area contributed by atoms with Crippen LogP contribution in [0.1, 0.15) is 46.5 Å². The van der Waals surface area contributed by atoms with E-state index in [2.05, 4.69) is 15.6 Å². The predicted molar refractivity (Wildman–Crippen MR) is 145 cm³/mol. The Hall–Kier alpha value is -3.98. The first-order chi connectivity index (χ1) is 18.3. The Labute approximate surface area is 224 Å². The van der Waals surface area contributed by atoms with Crippen molar-refractivity contribution in [3.05, 3.63) is 95.6 Å². The van der Waals surface area contributed by atoms with Gasteiger partial charge in [0, 0.05) is 33.8 Å². The molecule has 9 heteroatoms. The molecule has 3 N–H and O–H groups in total. The van der Waals surface area contributed by atoms with Gasteiger partial charge in [0.1, 0.15) is 23.2 Å². The number of nitrogens with one attached hydrogen (secondary N) is 3. The minimum atomic E-state index is -0.850. The second-order valence-electron chi connectivity index (χ2n) is 10.2. The maximum Gasteiger partial charge on any atom is 0.256 e. The lowest BCUT2D eigenvalue weighted by Gasteiger charge is -2.31. The highest BCUT2D eigenvalue weighted by Crippen LogP contribution is 2.56. The van der Waals surface area contributed by atoms with E-state index in [0.29, 0.717) is 11.3 Å². The SMILES string of the molecule is CC1(C)S[C@@H]2c3ccccc3C(=O)N2[C@@H]1C(=O)N[C@@H](Cc1c[nH]c2ccccc12)C(=O)NCc1ccco1. The number of thioether (sulfide) groups is 1. The third-order valence-corrected chi connectivity index (χ3v) is 8.83. The summed E-state index contributed by atoms with van der Waals surface area (Å²) in [6.07, 6.45) is 3.71. The lowest BCUT2D eigenvalue weighted by Crippen LogP contribution is -2.57. The van der Waals surface area contributed by atoms with E-state index in [1.807, 2.05) is 62.5 Å². The van der Waals surface area contributed by atoms with Crippen molar-refractivity contribution in [1.82, 2.24) is 20.5 Å². The summed E-state index contributed by atoms with van der Waals surface area (Å²) in [5.41, 5.74) is 3.43. The zero-order chi connectivity index (χ0) is 26.4. The molecule has 1 saturated heterocycles. The zero-order valence-corrected chi connectivity index (χ0v) is 21.9. The molecule has 0 unspecified atom stereocenters. The lowest BCUT2D eigenvalue weighted by molar-refractivity contribution is -0.131. The third-order valence-electron chi connectivity index (χ3n) is 7.29. The highest BCUT2D eigenvalue weighted by molar-refractivity contribution is 8.01. The van der Waals surface area contributed by atoms with E-state index in [-0.39, 0.29) is 36.1 Å². The second kappa shape index (κ2) is 9.40. The molecular formula is C29H28N4O4S. The molecule has 0 saturated carbocycles. The molecule has 194 valence electrons. The molecule has 6 rings (SSSR count). The van der Waals surface area contributed by atoms with Crippen molar-refractivity contribution < 1.29 is 18.8 Å². The summed E-state index contributed by atoms with van der Waals surface area (Å²) in [6.45, 7) is 4.16. The van der Waals surface area contributed by atoms with Gasteiger partial charge in [-0.1, -0.05) is 36.4 Å². The van der Waals surface area contributed by atoms with Crippen LogP contribution in [-0.4, -0.2) is 44.4 Å². The van der Waals surface area contributed by atoms with Gasteiger partial charge >= 0.3 is 0 Å². The van der Waals surface area contributed by atoms with Crippen LogP contribution in [0.15, 0.2) is 77.5 Å². The molecule has 0 spiro atoms. The van der Waals surface area contributed by atoms with Crippen molar-refractivity contribution in [3.63, 3.8) is 0 Å². The van der Waals surface area contributed by atoms with Gasteiger partial charge in [-0.2, -0.15) is 0 Å². The molecule has 2 aromatic heterocycles. The average Bonchev–Trinajstić information content (AvgIpc) is 3.68. The van der Waals surface area contributed by atoms with Crippen molar-refractivity contribution in [1.29, 1.82) is 0 Å². The van der Waals surface area contributed by atoms with Crippen LogP contribution in [0.5, 0.6) is 0 Å². The summed E-state index contributed by atoms with van der Waals surface area (Å²) in [6, 6.07) is 17.3. The number of carbonyl (C=O) groups is 3. The molecule has 4 heterocycles. The zero-order valence-electron chi connectivity index (χ0n) is 21.1. The van der Waals surface area contributed by atoms with Gasteiger partial charge in [0.2, 0.25) is 11.8 Å². The number of nitrogens with zero attached hydrogens (tertiary/aromatic N) is 1. The fourth-order valence-electron chi connectivity index (χ4n) is 5.50. The van der Waals surface area contributed by atoms with Gasteiger partial charge in [-0.3, -0.25) is 14.4 Å². The van der Waals surface area contributed by atoms with Gasteiger partial charge in [0.15, 0.2) is 0 Å². The second-order valence-corrected chi connectivity index (χ2v) is 11.9. The van der Waals surface area contributed by atoms with E-state index < -0.39 is 16.8 Å². The van der Waals surface area contributed by atoms with E-state index >= 15 is 0 Å². The first kappa shape index (κ1) is 24.4. The molecule has 38 heavy (non-hydrogen) atoms. The van der Waals surface area contributed by atoms with E-state index in [9.17, 15) is 14.4 Å². The molecule has 4 aromatic rings. The number of rotatable bonds is 7. The largest absolute Gasteiger partial charge is 0.467 e. The summed E-state index contributed by atoms with van der Waals surface area (Å²) in [4.78, 5) is 45.6. The normalized spacial score (nSPS) is 20.3. The average molecular weight is 529 g/mol. The molecule has 2 aliphatic heterocycles.